The predicted octanol–water partition coefficient (Wildman–Crippen LogP) is 2.02. The average molecular weight is 270 g/mol. The van der Waals surface area contributed by atoms with Crippen LogP contribution in [0.2, 0.25) is 0 Å². The van der Waals surface area contributed by atoms with Gasteiger partial charge in [-0.2, -0.15) is 0 Å². The van der Waals surface area contributed by atoms with E-state index in [1.54, 1.807) is 0 Å². The maximum absolute atomic E-state index is 12.3. The molecule has 2 unspecified atom stereocenters. The summed E-state index contributed by atoms with van der Waals surface area (Å²) in [5.41, 5.74) is 6.01. The number of amides is 1. The van der Waals surface area contributed by atoms with Crippen LogP contribution in [-0.4, -0.2) is 42.6 Å². The summed E-state index contributed by atoms with van der Waals surface area (Å²) in [6.07, 6.45) is 1.90. The Labute approximate surface area is 117 Å². The van der Waals surface area contributed by atoms with Crippen molar-refractivity contribution >= 4 is 5.91 Å². The first kappa shape index (κ1) is 16.4. The van der Waals surface area contributed by atoms with Crippen LogP contribution in [0, 0.1) is 11.3 Å². The van der Waals surface area contributed by atoms with E-state index in [0.29, 0.717) is 5.92 Å². The molecule has 0 aromatic carbocycles. The number of rotatable bonds is 6. The van der Waals surface area contributed by atoms with Crippen molar-refractivity contribution in [2.24, 2.45) is 17.1 Å². The highest BCUT2D eigenvalue weighted by Gasteiger charge is 2.52. The monoisotopic (exact) mass is 270 g/mol. The van der Waals surface area contributed by atoms with Gasteiger partial charge in [-0.1, -0.05) is 27.7 Å². The number of carbonyl (C=O) groups is 1. The van der Waals surface area contributed by atoms with E-state index < -0.39 is 0 Å². The maximum atomic E-state index is 12.3. The third-order valence-electron chi connectivity index (χ3n) is 4.35. The predicted molar refractivity (Wildman–Crippen MR) is 77.8 cm³/mol. The van der Waals surface area contributed by atoms with Gasteiger partial charge in [-0.25, -0.2) is 0 Å². The topological polar surface area (TPSA) is 55.6 Å². The van der Waals surface area contributed by atoms with Gasteiger partial charge in [0.25, 0.3) is 0 Å². The van der Waals surface area contributed by atoms with Gasteiger partial charge < -0.3 is 15.4 Å². The first-order valence-electron chi connectivity index (χ1n) is 7.35. The Hall–Kier alpha value is -0.610. The van der Waals surface area contributed by atoms with Gasteiger partial charge >= 0.3 is 0 Å². The fraction of sp³-hybridized carbons (Fsp3) is 0.933. The summed E-state index contributed by atoms with van der Waals surface area (Å²) in [6, 6.07) is -0.151. The van der Waals surface area contributed by atoms with Crippen LogP contribution < -0.4 is 5.73 Å². The van der Waals surface area contributed by atoms with Gasteiger partial charge in [-0.15, -0.1) is 0 Å². The molecule has 1 saturated carbocycles. The molecular formula is C15H30N2O2. The minimum absolute atomic E-state index is 0.0119. The molecule has 2 N–H and O–H groups in total. The SMILES string of the molecule is CCOC1CC(N(C)C(=O)[C@@H](N)CC(C)C)C1(C)C. The Balaban J connectivity index is 2.59. The molecule has 4 nitrogen and oxygen atoms in total. The molecule has 0 aromatic rings. The summed E-state index contributed by atoms with van der Waals surface area (Å²) in [7, 11) is 1.87. The van der Waals surface area contributed by atoms with E-state index in [0.717, 1.165) is 19.4 Å². The lowest BCUT2D eigenvalue weighted by molar-refractivity contribution is -0.164. The zero-order chi connectivity index (χ0) is 14.8. The van der Waals surface area contributed by atoms with E-state index >= 15 is 0 Å². The Morgan fingerprint density at radius 2 is 2.05 bits per heavy atom. The number of nitrogens with two attached hydrogens (primary N) is 1. The lowest BCUT2D eigenvalue weighted by atomic mass is 9.63. The van der Waals surface area contributed by atoms with Crippen molar-refractivity contribution < 1.29 is 9.53 Å². The van der Waals surface area contributed by atoms with Crippen molar-refractivity contribution in [3.05, 3.63) is 0 Å². The van der Waals surface area contributed by atoms with E-state index in [1.807, 2.05) is 18.9 Å². The van der Waals surface area contributed by atoms with Gasteiger partial charge in [-0.3, -0.25) is 4.79 Å². The lowest BCUT2D eigenvalue weighted by Gasteiger charge is -2.55. The van der Waals surface area contributed by atoms with Gasteiger partial charge in [0, 0.05) is 25.1 Å². The fourth-order valence-electron chi connectivity index (χ4n) is 3.03. The number of likely N-dealkylation sites (N-methyl/N-ethyl adjacent to an activating group) is 1. The Kier molecular flexibility index (Phi) is 5.39. The van der Waals surface area contributed by atoms with Crippen molar-refractivity contribution in [3.8, 4) is 0 Å². The summed E-state index contributed by atoms with van der Waals surface area (Å²) in [5, 5.41) is 0. The fourth-order valence-corrected chi connectivity index (χ4v) is 3.03. The number of ether oxygens (including phenoxy) is 1. The van der Waals surface area contributed by atoms with Crippen LogP contribution in [0.25, 0.3) is 0 Å². The van der Waals surface area contributed by atoms with Crippen LogP contribution in [0.4, 0.5) is 0 Å². The maximum Gasteiger partial charge on any atom is 0.239 e. The first-order chi connectivity index (χ1) is 8.71. The Bertz CT molecular complexity index is 315. The highest BCUT2D eigenvalue weighted by Crippen LogP contribution is 2.45. The summed E-state index contributed by atoms with van der Waals surface area (Å²) in [4.78, 5) is 14.2. The average Bonchev–Trinajstić information content (AvgIpc) is 2.31. The molecule has 0 spiro atoms. The van der Waals surface area contributed by atoms with E-state index in [9.17, 15) is 4.79 Å². The van der Waals surface area contributed by atoms with Gasteiger partial charge in [0.15, 0.2) is 0 Å². The molecule has 19 heavy (non-hydrogen) atoms. The molecule has 1 aliphatic carbocycles. The second-order valence-corrected chi connectivity index (χ2v) is 6.70. The van der Waals surface area contributed by atoms with Crippen molar-refractivity contribution in [2.45, 2.75) is 65.6 Å². The molecular weight excluding hydrogens is 240 g/mol. The largest absolute Gasteiger partial charge is 0.378 e. The number of carbonyl (C=O) groups excluding carboxylic acids is 1. The zero-order valence-corrected chi connectivity index (χ0v) is 13.3. The second kappa shape index (κ2) is 6.23. The molecule has 1 fully saturated rings. The van der Waals surface area contributed by atoms with Gasteiger partial charge in [0.2, 0.25) is 5.91 Å². The number of hydrogen-bond donors (Lipinski definition) is 1. The van der Waals surface area contributed by atoms with Crippen LogP contribution in [0.5, 0.6) is 0 Å². The molecule has 112 valence electrons. The molecule has 1 rings (SSSR count). The smallest absolute Gasteiger partial charge is 0.239 e. The van der Waals surface area contributed by atoms with Crippen molar-refractivity contribution in [2.75, 3.05) is 13.7 Å². The summed E-state index contributed by atoms with van der Waals surface area (Å²) >= 11 is 0. The first-order valence-corrected chi connectivity index (χ1v) is 7.35. The summed E-state index contributed by atoms with van der Waals surface area (Å²) < 4.78 is 5.71. The molecule has 0 radical (unpaired) electrons. The normalized spacial score (nSPS) is 26.9. The van der Waals surface area contributed by atoms with E-state index in [1.165, 1.54) is 0 Å². The van der Waals surface area contributed by atoms with Crippen molar-refractivity contribution in [1.82, 2.24) is 4.90 Å². The van der Waals surface area contributed by atoms with Crippen LogP contribution in [-0.2, 0) is 9.53 Å². The van der Waals surface area contributed by atoms with Gasteiger partial charge in [0.05, 0.1) is 12.1 Å². The molecule has 0 saturated heterocycles. The minimum Gasteiger partial charge on any atom is -0.378 e. The number of hydrogen-bond acceptors (Lipinski definition) is 3. The quantitative estimate of drug-likeness (QED) is 0.803. The van der Waals surface area contributed by atoms with Crippen LogP contribution >= 0.6 is 0 Å². The minimum atomic E-state index is -0.382. The third kappa shape index (κ3) is 3.48. The Morgan fingerprint density at radius 3 is 2.47 bits per heavy atom. The van der Waals surface area contributed by atoms with Crippen molar-refractivity contribution in [3.63, 3.8) is 0 Å². The van der Waals surface area contributed by atoms with Gasteiger partial charge in [-0.05, 0) is 25.7 Å². The molecule has 1 aliphatic rings. The third-order valence-corrected chi connectivity index (χ3v) is 4.35. The Morgan fingerprint density at radius 1 is 1.47 bits per heavy atom. The molecule has 3 atom stereocenters. The molecule has 0 aromatic heterocycles. The second-order valence-electron chi connectivity index (χ2n) is 6.70. The highest BCUT2D eigenvalue weighted by molar-refractivity contribution is 5.81. The summed E-state index contributed by atoms with van der Waals surface area (Å²) in [6.45, 7) is 11.2. The molecule has 0 heterocycles. The van der Waals surface area contributed by atoms with Gasteiger partial charge in [0.1, 0.15) is 0 Å². The molecule has 1 amide bonds. The van der Waals surface area contributed by atoms with E-state index in [4.69, 9.17) is 10.5 Å². The molecule has 0 aliphatic heterocycles. The summed E-state index contributed by atoms with van der Waals surface area (Å²) in [5.74, 6) is 0.500. The standard InChI is InChI=1S/C15H30N2O2/c1-7-19-13-9-12(15(13,4)5)17(6)14(18)11(16)8-10(2)3/h10-13H,7-9,16H2,1-6H3/t11-,12?,13?/m0/s1. The number of nitrogens with zero attached hydrogens (tertiary/aromatic N) is 1. The van der Waals surface area contributed by atoms with E-state index in [2.05, 4.69) is 27.7 Å². The lowest BCUT2D eigenvalue weighted by Crippen LogP contribution is -2.64. The highest BCUT2D eigenvalue weighted by atomic mass is 16.5. The van der Waals surface area contributed by atoms with Crippen LogP contribution in [0.15, 0.2) is 0 Å². The zero-order valence-electron chi connectivity index (χ0n) is 13.3. The van der Waals surface area contributed by atoms with E-state index in [-0.39, 0.29) is 29.5 Å². The van der Waals surface area contributed by atoms with Crippen LogP contribution in [0.1, 0.15) is 47.5 Å². The van der Waals surface area contributed by atoms with Crippen molar-refractivity contribution in [1.29, 1.82) is 0 Å². The molecule has 4 heteroatoms. The van der Waals surface area contributed by atoms with Crippen LogP contribution in [0.3, 0.4) is 0 Å². The molecule has 0 bridgehead atoms.